The smallest absolute Gasteiger partial charge is 4.00 e. The van der Waals surface area contributed by atoms with Crippen molar-refractivity contribution in [1.29, 1.82) is 0 Å². The molecule has 0 spiro atoms. The molecule has 0 fully saturated rings. The fourth-order valence-electron chi connectivity index (χ4n) is 0.340. The van der Waals surface area contributed by atoms with Crippen LogP contribution in [0.5, 0.6) is 0 Å². The van der Waals surface area contributed by atoms with E-state index in [9.17, 15) is 7.00 Å². The first kappa shape index (κ1) is 35.7. The Morgan fingerprint density at radius 1 is 0.792 bits per heavy atom. The van der Waals surface area contributed by atoms with E-state index in [1.807, 2.05) is 74.5 Å². The van der Waals surface area contributed by atoms with Gasteiger partial charge in [0.15, 0.2) is 0 Å². The minimum atomic E-state index is -2.69. The van der Waals surface area contributed by atoms with Crippen LogP contribution in [0.4, 0.5) is 7.00 Å². The molecule has 24 heavy (non-hydrogen) atoms. The van der Waals surface area contributed by atoms with E-state index >= 15 is 0 Å². The van der Waals surface area contributed by atoms with Crippen molar-refractivity contribution < 1.29 is 33.2 Å². The molecule has 7 heteroatoms. The molecule has 3 N–H and O–H groups in total. The first-order valence-corrected chi connectivity index (χ1v) is 9.23. The van der Waals surface area contributed by atoms with Crippen molar-refractivity contribution in [3.8, 4) is 0 Å². The number of nitrogens with one attached hydrogen (secondary N) is 3. The molecule has 0 unspecified atom stereocenters. The second-order valence-corrected chi connectivity index (χ2v) is 8.18. The van der Waals surface area contributed by atoms with Crippen LogP contribution in [0.2, 0.25) is 0 Å². The topological polar surface area (TPSA) is 71.4 Å². The molecule has 1 radical (unpaired) electrons. The van der Waals surface area contributed by atoms with Gasteiger partial charge < -0.3 is 17.2 Å². The zero-order valence-electron chi connectivity index (χ0n) is 16.8. The standard InChI is InChI=1S/C5H5.3C4H10N.F2GeH.Zr/c1-2-4-5-3-1;3*1-4(2,3)5;1-3-2;/h1-3H,4H2;3*5H,1-3H3;3H;/q4*-1;;+4. The van der Waals surface area contributed by atoms with Gasteiger partial charge in [0.25, 0.3) is 0 Å². The van der Waals surface area contributed by atoms with E-state index in [4.69, 9.17) is 17.2 Å². The predicted octanol–water partition coefficient (Wildman–Crippen LogP) is 7.01. The third-order valence-corrected chi connectivity index (χ3v) is 0.586. The SMILES string of the molecule is CC(C)(C)[NH-].CC(C)(C)[NH-].CC(C)(C)[NH-].[C-]1=CC=CC1.[F][GeH][F].[Zr+4]. The minimum Gasteiger partial charge on any atom is 4.00 e. The van der Waals surface area contributed by atoms with E-state index < -0.39 is 16.4 Å². The molecule has 3 nitrogen and oxygen atoms in total. The molecule has 0 aromatic rings. The fraction of sp³-hybridized carbons (Fsp3) is 0.765. The molecule has 0 aliphatic heterocycles. The number of halogens is 2. The Labute approximate surface area is 175 Å². The normalized spacial score (nSPS) is 11.9. The van der Waals surface area contributed by atoms with Gasteiger partial charge in [0.05, 0.1) is 0 Å². The summed E-state index contributed by atoms with van der Waals surface area (Å²) in [4.78, 5) is 0. The van der Waals surface area contributed by atoms with Crippen LogP contribution in [-0.2, 0) is 26.2 Å². The number of rotatable bonds is 0. The molecule has 0 heterocycles. The van der Waals surface area contributed by atoms with Crippen molar-refractivity contribution >= 4 is 16.4 Å². The number of hydrogen-bond donors (Lipinski definition) is 0. The second kappa shape index (κ2) is 20.0. The summed E-state index contributed by atoms with van der Waals surface area (Å²) in [5.74, 6) is 0. The van der Waals surface area contributed by atoms with Crippen LogP contribution < -0.4 is 0 Å². The zero-order chi connectivity index (χ0) is 19.7. The van der Waals surface area contributed by atoms with Crippen LogP contribution in [0, 0.1) is 6.08 Å². The summed E-state index contributed by atoms with van der Waals surface area (Å²) in [7, 11) is 0. The van der Waals surface area contributed by atoms with Crippen molar-refractivity contribution in [2.45, 2.75) is 85.4 Å². The molecule has 0 bridgehead atoms. The maximum atomic E-state index is 9.78. The van der Waals surface area contributed by atoms with Gasteiger partial charge >= 0.3 is 49.6 Å². The number of allylic oxidation sites excluding steroid dienone is 4. The third kappa shape index (κ3) is 333. The van der Waals surface area contributed by atoms with E-state index in [0.29, 0.717) is 0 Å². The summed E-state index contributed by atoms with van der Waals surface area (Å²) in [6.07, 6.45) is 10.0. The van der Waals surface area contributed by atoms with E-state index in [-0.39, 0.29) is 42.8 Å². The quantitative estimate of drug-likeness (QED) is 0.262. The molecule has 1 aliphatic carbocycles. The van der Waals surface area contributed by atoms with Crippen molar-refractivity contribution in [3.05, 3.63) is 41.5 Å². The van der Waals surface area contributed by atoms with Gasteiger partial charge in [0, 0.05) is 0 Å². The Bertz CT molecular complexity index is 235. The van der Waals surface area contributed by atoms with Crippen LogP contribution in [0.3, 0.4) is 0 Å². The molecule has 0 aromatic heterocycles. The Hall–Kier alpha value is 0.646. The third-order valence-electron chi connectivity index (χ3n) is 0.586. The van der Waals surface area contributed by atoms with Crippen LogP contribution in [0.25, 0.3) is 17.2 Å². The molecular weight excluding hydrogens is 448 g/mol. The summed E-state index contributed by atoms with van der Waals surface area (Å²) < 4.78 is 19.6. The van der Waals surface area contributed by atoms with Gasteiger partial charge in [-0.15, -0.1) is 23.0 Å². The summed E-state index contributed by atoms with van der Waals surface area (Å²) in [6.45, 7) is 16.7. The Kier molecular flexibility index (Phi) is 29.7. The van der Waals surface area contributed by atoms with Gasteiger partial charge in [-0.05, 0) is 0 Å². The largest absolute Gasteiger partial charge is 4.00 e. The summed E-state index contributed by atoms with van der Waals surface area (Å²) in [5, 5.41) is 0. The van der Waals surface area contributed by atoms with Gasteiger partial charge in [0.1, 0.15) is 0 Å². The van der Waals surface area contributed by atoms with E-state index in [0.717, 1.165) is 6.42 Å². The van der Waals surface area contributed by atoms with Crippen molar-refractivity contribution in [2.24, 2.45) is 0 Å². The first-order valence-electron chi connectivity index (χ1n) is 7.40. The second-order valence-electron chi connectivity index (χ2n) is 7.84. The summed E-state index contributed by atoms with van der Waals surface area (Å²) in [5.41, 5.74) is 20.1. The van der Waals surface area contributed by atoms with Crippen LogP contribution >= 0.6 is 0 Å². The monoisotopic (exact) mass is 484 g/mol. The van der Waals surface area contributed by atoms with Crippen LogP contribution in [0.1, 0.15) is 68.7 Å². The van der Waals surface area contributed by atoms with Gasteiger partial charge in [-0.25, -0.2) is 12.2 Å². The predicted molar refractivity (Wildman–Crippen MR) is 103 cm³/mol. The van der Waals surface area contributed by atoms with Crippen LogP contribution in [-0.4, -0.2) is 33.0 Å². The first-order chi connectivity index (χ1) is 9.91. The van der Waals surface area contributed by atoms with E-state index in [1.54, 1.807) is 0 Å². The summed E-state index contributed by atoms with van der Waals surface area (Å²) in [6, 6.07) is 0. The molecule has 0 amide bonds. The number of hydrogen-bond acceptors (Lipinski definition) is 0. The average Bonchev–Trinajstić information content (AvgIpc) is 2.64. The van der Waals surface area contributed by atoms with Crippen LogP contribution in [0.15, 0.2) is 18.2 Å². The van der Waals surface area contributed by atoms with Gasteiger partial charge in [-0.2, -0.15) is 6.08 Å². The molecule has 0 atom stereocenters. The minimum absolute atomic E-state index is 0. The molecule has 0 saturated carbocycles. The fourth-order valence-corrected chi connectivity index (χ4v) is 0.340. The van der Waals surface area contributed by atoms with Gasteiger partial charge in [-0.3, -0.25) is 6.08 Å². The van der Waals surface area contributed by atoms with E-state index in [2.05, 4.69) is 12.2 Å². The zero-order valence-corrected chi connectivity index (χ0v) is 21.7. The van der Waals surface area contributed by atoms with Crippen molar-refractivity contribution in [2.75, 3.05) is 0 Å². The van der Waals surface area contributed by atoms with E-state index in [1.165, 1.54) is 0 Å². The Morgan fingerprint density at radius 2 is 1.00 bits per heavy atom. The molecule has 141 valence electrons. The molecule has 0 aromatic carbocycles. The molecule has 1 rings (SSSR count). The van der Waals surface area contributed by atoms with Gasteiger partial charge in [0.2, 0.25) is 0 Å². The maximum Gasteiger partial charge on any atom is 4.00 e. The molecular formula is C17H36F2GeN3Zr. The Balaban J connectivity index is -0.0000000627. The summed E-state index contributed by atoms with van der Waals surface area (Å²) >= 11 is -2.69. The average molecular weight is 484 g/mol. The molecule has 0 saturated heterocycles. The van der Waals surface area contributed by atoms with Crippen molar-refractivity contribution in [1.82, 2.24) is 0 Å². The van der Waals surface area contributed by atoms with Crippen molar-refractivity contribution in [3.63, 3.8) is 0 Å². The molecule has 1 aliphatic rings. The van der Waals surface area contributed by atoms with Gasteiger partial charge in [-0.1, -0.05) is 62.3 Å². The Morgan fingerprint density at radius 3 is 1.04 bits per heavy atom. The maximum absolute atomic E-state index is 9.78.